The van der Waals surface area contributed by atoms with Crippen LogP contribution < -0.4 is 40.6 Å². The number of rotatable bonds is 37. The van der Waals surface area contributed by atoms with Gasteiger partial charge in [0.25, 0.3) is 11.8 Å². The Morgan fingerprint density at radius 1 is 0.653 bits per heavy atom. The first kappa shape index (κ1) is 120. The van der Waals surface area contributed by atoms with Gasteiger partial charge in [-0.15, -0.1) is 0 Å². The van der Waals surface area contributed by atoms with Gasteiger partial charge in [-0.05, 0) is 165 Å². The van der Waals surface area contributed by atoms with Crippen molar-refractivity contribution >= 4 is 58.8 Å². The molecule has 2 aromatic heterocycles. The number of aryl methyl sites for hydroxylation is 1. The second kappa shape index (κ2) is 59.2. The fourth-order valence-electron chi connectivity index (χ4n) is 17.9. The molecule has 814 valence electrons. The fourth-order valence-corrected chi connectivity index (χ4v) is 18.1. The Labute approximate surface area is 882 Å². The van der Waals surface area contributed by atoms with Crippen LogP contribution in [-0.4, -0.2) is 296 Å². The second-order valence-electron chi connectivity index (χ2n) is 37.0. The van der Waals surface area contributed by atoms with Gasteiger partial charge < -0.3 is 128 Å². The maximum atomic E-state index is 13.9. The molecule has 9 aromatic rings. The number of nitrogens with one attached hydrogen (secondary N) is 3. The van der Waals surface area contributed by atoms with E-state index in [2.05, 4.69) is 36.1 Å². The van der Waals surface area contributed by atoms with Crippen LogP contribution in [0.5, 0.6) is 57.5 Å². The van der Waals surface area contributed by atoms with E-state index in [-0.39, 0.29) is 121 Å². The molecule has 2 fully saturated rings. The number of Topliss-reactive ketones (excluding diaryl/α,β-unsaturated/α-hetero) is 1. The molecule has 150 heavy (non-hydrogen) atoms. The number of amides is 5. The highest BCUT2D eigenvalue weighted by Crippen LogP contribution is 2.48. The van der Waals surface area contributed by atoms with E-state index in [0.717, 1.165) is 94.0 Å². The molecular weight excluding hydrogens is 1950 g/mol. The third-order valence-electron chi connectivity index (χ3n) is 26.0. The van der Waals surface area contributed by atoms with Gasteiger partial charge in [-0.3, -0.25) is 33.8 Å². The molecule has 7 atom stereocenters. The molecule has 0 spiro atoms. The number of hydrogen-bond acceptors (Lipinski definition) is 32. The molecule has 0 aliphatic carbocycles. The quantitative estimate of drug-likeness (QED) is 0.00982. The SMILES string of the molecule is CCCC(=O)c1noc(-c2cc(C(C)C)c(O)cc2O)c1-c1ccc(CN2CCOCC2)cc1.CCNC(=O)c1noc(-c2cc(Cl)c(O)cc2O)c1-c1ccc(OC)cc1.CCc1c(C)cc(O)c(C(=O)c2ccc(OCCN3CCOCC3)c(OC)c2)c1CC(=O)N(CCOC)CCOC.CNCCN(C)C(=O)Oc1cc2c(O)c(c1)[C@H](OC)[C@@H](C)C[C@H](OC)[C@H](OC)[C@@H](C)/C=C(\C)[C@H](OC(N)=O)[C@@H](C)/C=C\C=C(/C)C(=O)N2. The van der Waals surface area contributed by atoms with Crippen molar-refractivity contribution in [1.29, 1.82) is 0 Å². The van der Waals surface area contributed by atoms with Gasteiger partial charge in [0.1, 0.15) is 58.7 Å². The van der Waals surface area contributed by atoms with Crippen LogP contribution in [0, 0.1) is 24.7 Å². The molecule has 2 saturated heterocycles. The maximum absolute atomic E-state index is 13.9. The third kappa shape index (κ3) is 32.5. The number of aromatic nitrogens is 2. The number of benzene rings is 7. The molecule has 3 aliphatic heterocycles. The minimum absolute atomic E-state index is 0.0204. The third-order valence-corrected chi connectivity index (χ3v) is 26.3. The Kier molecular flexibility index (Phi) is 47.4. The minimum Gasteiger partial charge on any atom is -0.508 e. The van der Waals surface area contributed by atoms with Crippen molar-refractivity contribution < 1.29 is 130 Å². The van der Waals surface area contributed by atoms with Gasteiger partial charge in [-0.2, -0.15) is 0 Å². The number of allylic oxidation sites excluding steroid dienone is 2. The van der Waals surface area contributed by atoms with Gasteiger partial charge in [-0.1, -0.05) is 131 Å². The largest absolute Gasteiger partial charge is 0.508 e. The van der Waals surface area contributed by atoms with Crippen molar-refractivity contribution in [3.8, 4) is 102 Å². The number of ether oxygens (including phenoxy) is 12. The lowest BCUT2D eigenvalue weighted by Gasteiger charge is -2.33. The number of nitrogens with zero attached hydrogens (tertiary/aromatic N) is 6. The average Bonchev–Trinajstić information content (AvgIpc) is 1.65. The number of methoxy groups -OCH3 is 7. The van der Waals surface area contributed by atoms with Crippen LogP contribution in [0.1, 0.15) is 171 Å². The molecule has 12 rings (SSSR count). The zero-order valence-corrected chi connectivity index (χ0v) is 90.2. The zero-order valence-electron chi connectivity index (χ0n) is 89.5. The monoisotopic (exact) mass is 2100 g/mol. The molecule has 0 saturated carbocycles. The van der Waals surface area contributed by atoms with Crippen LogP contribution in [0.25, 0.3) is 44.9 Å². The summed E-state index contributed by atoms with van der Waals surface area (Å²) in [5.74, 6) is -1.14. The summed E-state index contributed by atoms with van der Waals surface area (Å²) in [4.78, 5) is 98.5. The van der Waals surface area contributed by atoms with Crippen LogP contribution >= 0.6 is 11.6 Å². The predicted molar refractivity (Wildman–Crippen MR) is 570 cm³/mol. The summed E-state index contributed by atoms with van der Waals surface area (Å²) in [6, 6.07) is 30.0. The standard InChI is InChI=1S/C35H54N4O9.C31H44N2O8.C27H32N2O5.C19H17ClN2O5/c1-20-12-11-13-21(2)33(41)38-27-19-25(47-35(43)39(7)15-14-37-6)18-26(29(27)40)31(45-9)24(5)17-28(44-8)32(46-10)23(4)16-22(3)30(20)48-34(36)42;1-6-24-22(2)19-26(34)30(25(24)21-29(35)33(12-14-37-3)13-15-38-4)31(36)23-7-8-27(28(20-23)39-5)41-18-11-32-9-16-40-17-10-32;1-4-5-22(30)26-25(19-8-6-18(7-9-19)16-29-10-12-33-13-11-29)27(34-28-26)21-14-20(17(2)3)23(31)15-24(21)32;1-3-21-19(25)17-16(10-4-6-11(26-2)7-5-10)18(27-22-17)12-8-13(20)15(24)9-14(12)23/h11-13,16,18-20,23-24,28,30-32,37,40H,14-15,17H2,1-10H3,(H2,36,42)(H,38,41);7-8,19-20,34H,6,9-18,21H2,1-5H3;6-9,14-15,17,31-32H,4-5,10-13,16H2,1-3H3;4-9,23-24H,3H2,1-2H3,(H,21,25)/b12-11-,21-13+,22-16+;;;/t20-,23-,24-,28-,30+,31+,32+;;;/m0.../s1. The van der Waals surface area contributed by atoms with Gasteiger partial charge in [0, 0.05) is 168 Å². The molecule has 5 heterocycles. The molecule has 0 radical (unpaired) electrons. The molecule has 3 aliphatic rings. The van der Waals surface area contributed by atoms with E-state index in [1.54, 1.807) is 141 Å². The van der Waals surface area contributed by atoms with E-state index in [1.165, 1.54) is 48.9 Å². The van der Waals surface area contributed by atoms with Crippen LogP contribution in [0.2, 0.25) is 5.02 Å². The lowest BCUT2D eigenvalue weighted by atomic mass is 9.86. The lowest BCUT2D eigenvalue weighted by molar-refractivity contribution is -0.131. The number of halogens is 1. The van der Waals surface area contributed by atoms with Crippen LogP contribution in [0.15, 0.2) is 154 Å². The molecule has 11 N–H and O–H groups in total. The molecule has 38 heteroatoms. The number of morpholine rings is 2. The summed E-state index contributed by atoms with van der Waals surface area (Å²) in [5.41, 5.74) is 14.7. The normalized spacial score (nSPS) is 18.1. The Morgan fingerprint density at radius 3 is 1.84 bits per heavy atom. The Balaban J connectivity index is 0.000000226. The molecule has 7 aromatic carbocycles. The van der Waals surface area contributed by atoms with Gasteiger partial charge in [0.05, 0.1) is 117 Å². The number of primary amides is 1. The number of ketones is 2. The van der Waals surface area contributed by atoms with Gasteiger partial charge in [0.15, 0.2) is 46.0 Å². The van der Waals surface area contributed by atoms with E-state index in [9.17, 15) is 64.2 Å². The molecular formula is C112H147ClN10O27. The van der Waals surface area contributed by atoms with Crippen molar-refractivity contribution in [3.05, 3.63) is 206 Å². The predicted octanol–water partition coefficient (Wildman–Crippen LogP) is 17.0. The van der Waals surface area contributed by atoms with Crippen molar-refractivity contribution in [2.75, 3.05) is 181 Å². The van der Waals surface area contributed by atoms with Gasteiger partial charge in [0.2, 0.25) is 5.91 Å². The summed E-state index contributed by atoms with van der Waals surface area (Å²) >= 11 is 5.97. The Morgan fingerprint density at radius 2 is 1.27 bits per heavy atom. The summed E-state index contributed by atoms with van der Waals surface area (Å²) < 4.78 is 78.0. The number of carbonyl (C=O) groups is 7. The number of nitrogens with two attached hydrogens (primary N) is 1. The number of phenols is 6. The number of phenolic OH excluding ortho intramolecular Hbond substituents is 6. The first-order chi connectivity index (χ1) is 71.9. The van der Waals surface area contributed by atoms with E-state index in [1.807, 2.05) is 92.7 Å². The summed E-state index contributed by atoms with van der Waals surface area (Å²) in [5, 5.41) is 79.8. The Hall–Kier alpha value is -13.4. The Bertz CT molecular complexity index is 6080. The highest BCUT2D eigenvalue weighted by molar-refractivity contribution is 6.32. The molecule has 0 unspecified atom stereocenters. The van der Waals surface area contributed by atoms with Crippen molar-refractivity contribution in [3.63, 3.8) is 0 Å². The second-order valence-corrected chi connectivity index (χ2v) is 37.4. The number of fused-ring (bicyclic) bond motifs is 2. The highest BCUT2D eigenvalue weighted by Gasteiger charge is 2.37. The van der Waals surface area contributed by atoms with E-state index in [0.29, 0.717) is 151 Å². The smallest absolute Gasteiger partial charge is 0.415 e. The van der Waals surface area contributed by atoms with Crippen molar-refractivity contribution in [2.45, 2.75) is 145 Å². The van der Waals surface area contributed by atoms with Gasteiger partial charge in [-0.25, -0.2) is 9.59 Å². The highest BCUT2D eigenvalue weighted by atomic mass is 35.5. The summed E-state index contributed by atoms with van der Waals surface area (Å²) in [6.45, 7) is 32.3. The fraction of sp³-hybridized carbons (Fsp3) is 0.455. The van der Waals surface area contributed by atoms with Crippen molar-refractivity contribution in [2.24, 2.45) is 23.5 Å². The topological polar surface area (TPSA) is 479 Å². The first-order valence-electron chi connectivity index (χ1n) is 50.1. The van der Waals surface area contributed by atoms with Crippen molar-refractivity contribution in [1.82, 2.24) is 40.5 Å². The van der Waals surface area contributed by atoms with E-state index < -0.39 is 54.2 Å². The summed E-state index contributed by atoms with van der Waals surface area (Å²) in [7, 11) is 14.4. The minimum atomic E-state index is -0.904. The van der Waals surface area contributed by atoms with E-state index in [4.69, 9.17) is 83.2 Å². The van der Waals surface area contributed by atoms with Crippen LogP contribution in [0.4, 0.5) is 15.3 Å². The van der Waals surface area contributed by atoms with E-state index >= 15 is 0 Å². The van der Waals surface area contributed by atoms with Crippen LogP contribution in [0.3, 0.4) is 0 Å². The lowest BCUT2D eigenvalue weighted by Crippen LogP contribution is -2.38. The molecule has 5 amide bonds. The molecule has 2 bridgehead atoms. The summed E-state index contributed by atoms with van der Waals surface area (Å²) in [6.07, 6.45) is 5.39. The number of likely N-dealkylation sites (N-methyl/N-ethyl adjacent to an activating group) is 2. The average molecular weight is 2100 g/mol. The maximum Gasteiger partial charge on any atom is 0.415 e. The molecule has 37 nitrogen and oxygen atoms in total. The number of carbonyl (C=O) groups excluding carboxylic acids is 7. The van der Waals surface area contributed by atoms with Gasteiger partial charge >= 0.3 is 12.2 Å². The van der Waals surface area contributed by atoms with Crippen LogP contribution in [-0.2, 0) is 66.9 Å². The number of hydrogen-bond donors (Lipinski definition) is 10. The number of aromatic hydroxyl groups is 6. The number of anilines is 1. The first-order valence-corrected chi connectivity index (χ1v) is 50.5. The zero-order chi connectivity index (χ0) is 110.